The number of H-pyrrole nitrogens is 1. The van der Waals surface area contributed by atoms with Crippen LogP contribution in [0.3, 0.4) is 0 Å². The normalized spacial score (nSPS) is 10.8. The number of nitrogens with zero attached hydrogens (tertiary/aromatic N) is 1. The number of hydrogen-bond donors (Lipinski definition) is 3. The van der Waals surface area contributed by atoms with Gasteiger partial charge in [-0.05, 0) is 12.2 Å². The number of aromatic nitrogens is 2. The molecule has 1 rings (SSSR count). The minimum atomic E-state index is -1.54. The SMILES string of the molecule is N[C@@H](CC(=O)O)C(=O)[O-].O=C([O-])C=Cc1cnc[nH]1.[Zn+2]. The van der Waals surface area contributed by atoms with Crippen LogP contribution in [0.2, 0.25) is 0 Å². The van der Waals surface area contributed by atoms with Gasteiger partial charge in [0.2, 0.25) is 0 Å². The van der Waals surface area contributed by atoms with Gasteiger partial charge in [0.15, 0.2) is 0 Å². The summed E-state index contributed by atoms with van der Waals surface area (Å²) in [6, 6.07) is -1.40. The molecule has 0 spiro atoms. The summed E-state index contributed by atoms with van der Waals surface area (Å²) < 4.78 is 0. The van der Waals surface area contributed by atoms with Gasteiger partial charge in [-0.15, -0.1) is 0 Å². The summed E-state index contributed by atoms with van der Waals surface area (Å²) in [6.45, 7) is 0. The predicted molar refractivity (Wildman–Crippen MR) is 57.9 cm³/mol. The molecule has 0 unspecified atom stereocenters. The van der Waals surface area contributed by atoms with Crippen LogP contribution >= 0.6 is 0 Å². The average Bonchev–Trinajstić information content (AvgIpc) is 2.79. The summed E-state index contributed by atoms with van der Waals surface area (Å²) >= 11 is 0. The van der Waals surface area contributed by atoms with Gasteiger partial charge in [0.05, 0.1) is 42.6 Å². The molecule has 1 aromatic rings. The first-order valence-electron chi connectivity index (χ1n) is 4.88. The van der Waals surface area contributed by atoms with Crippen molar-refractivity contribution in [1.82, 2.24) is 9.97 Å². The number of hydrogen-bond acceptors (Lipinski definition) is 7. The molecule has 0 aliphatic carbocycles. The molecule has 0 amide bonds. The number of rotatable bonds is 5. The van der Waals surface area contributed by atoms with E-state index in [9.17, 15) is 24.6 Å². The van der Waals surface area contributed by atoms with E-state index in [4.69, 9.17) is 10.8 Å². The molecule has 0 bridgehead atoms. The number of nitrogens with one attached hydrogen (secondary N) is 1. The summed E-state index contributed by atoms with van der Waals surface area (Å²) in [5, 5.41) is 27.6. The summed E-state index contributed by atoms with van der Waals surface area (Å²) in [5.41, 5.74) is 5.42. The topological polar surface area (TPSA) is 172 Å². The second-order valence-electron chi connectivity index (χ2n) is 3.18. The molecule has 0 aliphatic rings. The monoisotopic (exact) mass is 333 g/mol. The number of aliphatic carboxylic acids is 3. The van der Waals surface area contributed by atoms with E-state index in [0.717, 1.165) is 6.08 Å². The molecular formula is C10H11N3O6Zn. The molecule has 10 heteroatoms. The van der Waals surface area contributed by atoms with Crippen molar-refractivity contribution in [2.24, 2.45) is 5.73 Å². The van der Waals surface area contributed by atoms with Gasteiger partial charge in [-0.3, -0.25) is 4.79 Å². The Hall–Kier alpha value is -2.06. The van der Waals surface area contributed by atoms with Crippen LogP contribution in [0.25, 0.3) is 6.08 Å². The van der Waals surface area contributed by atoms with Crippen molar-refractivity contribution in [3.63, 3.8) is 0 Å². The third kappa shape index (κ3) is 11.1. The van der Waals surface area contributed by atoms with Gasteiger partial charge in [-0.1, -0.05) is 0 Å². The van der Waals surface area contributed by atoms with Gasteiger partial charge in [0.25, 0.3) is 0 Å². The second-order valence-corrected chi connectivity index (χ2v) is 3.18. The van der Waals surface area contributed by atoms with E-state index >= 15 is 0 Å². The Labute approximate surface area is 126 Å². The van der Waals surface area contributed by atoms with E-state index < -0.39 is 30.4 Å². The van der Waals surface area contributed by atoms with Gasteiger partial charge in [0, 0.05) is 0 Å². The number of aromatic amines is 1. The fraction of sp³-hybridized carbons (Fsp3) is 0.200. The van der Waals surface area contributed by atoms with Crippen molar-refractivity contribution >= 4 is 24.0 Å². The molecule has 0 aliphatic heterocycles. The number of nitrogens with two attached hydrogens (primary N) is 1. The van der Waals surface area contributed by atoms with Crippen LogP contribution in [0.4, 0.5) is 0 Å². The quantitative estimate of drug-likeness (QED) is 0.371. The molecule has 1 heterocycles. The first-order chi connectivity index (χ1) is 8.82. The zero-order valence-corrected chi connectivity index (χ0v) is 13.3. The van der Waals surface area contributed by atoms with Crippen LogP contribution in [0.5, 0.6) is 0 Å². The van der Waals surface area contributed by atoms with Gasteiger partial charge < -0.3 is 35.6 Å². The Morgan fingerprint density at radius 2 is 2.05 bits per heavy atom. The fourth-order valence-electron chi connectivity index (χ4n) is 0.787. The van der Waals surface area contributed by atoms with Crippen LogP contribution in [0, 0.1) is 0 Å². The molecule has 0 radical (unpaired) electrons. The molecule has 0 fully saturated rings. The molecule has 4 N–H and O–H groups in total. The number of carboxylic acids is 3. The average molecular weight is 335 g/mol. The minimum Gasteiger partial charge on any atom is -0.548 e. The van der Waals surface area contributed by atoms with E-state index in [-0.39, 0.29) is 19.5 Å². The smallest absolute Gasteiger partial charge is 0.548 e. The van der Waals surface area contributed by atoms with E-state index in [2.05, 4.69) is 9.97 Å². The summed E-state index contributed by atoms with van der Waals surface area (Å²) in [5.74, 6) is -4.00. The predicted octanol–water partition coefficient (Wildman–Crippen LogP) is -3.29. The van der Waals surface area contributed by atoms with Gasteiger partial charge >= 0.3 is 25.4 Å². The van der Waals surface area contributed by atoms with Crippen LogP contribution in [0.1, 0.15) is 12.1 Å². The maximum Gasteiger partial charge on any atom is 2.00 e. The number of carbonyl (C=O) groups excluding carboxylic acids is 2. The summed E-state index contributed by atoms with van der Waals surface area (Å²) in [7, 11) is 0. The maximum absolute atomic E-state index is 9.86. The Morgan fingerprint density at radius 3 is 2.35 bits per heavy atom. The molecule has 0 aromatic carbocycles. The van der Waals surface area contributed by atoms with Crippen molar-refractivity contribution < 1.29 is 49.2 Å². The molecule has 9 nitrogen and oxygen atoms in total. The van der Waals surface area contributed by atoms with Crippen molar-refractivity contribution in [3.8, 4) is 0 Å². The zero-order chi connectivity index (χ0) is 14.8. The molecule has 1 aromatic heterocycles. The van der Waals surface area contributed by atoms with Crippen LogP contribution < -0.4 is 15.9 Å². The van der Waals surface area contributed by atoms with E-state index in [0.29, 0.717) is 5.69 Å². The van der Waals surface area contributed by atoms with Crippen molar-refractivity contribution in [2.45, 2.75) is 12.5 Å². The fourth-order valence-corrected chi connectivity index (χ4v) is 0.787. The number of imidazole rings is 1. The number of carbonyl (C=O) groups is 3. The molecule has 20 heavy (non-hydrogen) atoms. The molecule has 1 atom stereocenters. The van der Waals surface area contributed by atoms with Gasteiger partial charge in [-0.2, -0.15) is 0 Å². The first-order valence-corrected chi connectivity index (χ1v) is 4.88. The maximum atomic E-state index is 9.86. The van der Waals surface area contributed by atoms with E-state index in [1.54, 1.807) is 0 Å². The van der Waals surface area contributed by atoms with Crippen LogP contribution in [-0.4, -0.2) is 39.0 Å². The van der Waals surface area contributed by atoms with Gasteiger partial charge in [0.1, 0.15) is 0 Å². The summed E-state index contributed by atoms with van der Waals surface area (Å²) in [4.78, 5) is 35.7. The van der Waals surface area contributed by atoms with E-state index in [1.807, 2.05) is 0 Å². The van der Waals surface area contributed by atoms with Crippen molar-refractivity contribution in [2.75, 3.05) is 0 Å². The number of carboxylic acid groups (broad SMARTS) is 3. The Morgan fingerprint density at radius 1 is 1.45 bits per heavy atom. The Bertz CT molecular complexity index is 460. The molecule has 104 valence electrons. The Balaban J connectivity index is 0. The molecular weight excluding hydrogens is 324 g/mol. The van der Waals surface area contributed by atoms with Gasteiger partial charge in [-0.25, -0.2) is 4.98 Å². The third-order valence-electron chi connectivity index (χ3n) is 1.62. The molecule has 0 saturated heterocycles. The molecule has 0 saturated carbocycles. The minimum absolute atomic E-state index is 0. The Kier molecular flexibility index (Phi) is 11.0. The largest absolute Gasteiger partial charge is 2.00 e. The summed E-state index contributed by atoms with van der Waals surface area (Å²) in [6.07, 6.45) is 4.70. The van der Waals surface area contributed by atoms with E-state index in [1.165, 1.54) is 18.6 Å². The second kappa shape index (κ2) is 10.8. The van der Waals surface area contributed by atoms with Crippen LogP contribution in [-0.2, 0) is 33.9 Å². The third-order valence-corrected chi connectivity index (χ3v) is 1.62. The standard InChI is InChI=1S/C6H6N2O2.C4H7NO4.Zn/c9-6(10)2-1-5-3-7-4-8-5;5-2(4(8)9)1-3(6)7;/h1-4H,(H,7,8)(H,9,10);2H,1,5H2,(H,6,7)(H,8,9);/q;;+2/p-2/t;2-;/m.0./s1. The first kappa shape index (κ1) is 20.3. The van der Waals surface area contributed by atoms with Crippen LogP contribution in [0.15, 0.2) is 18.6 Å². The zero-order valence-electron chi connectivity index (χ0n) is 10.3. The van der Waals surface area contributed by atoms with Crippen molar-refractivity contribution in [3.05, 3.63) is 24.3 Å². The van der Waals surface area contributed by atoms with Crippen molar-refractivity contribution in [1.29, 1.82) is 0 Å².